The summed E-state index contributed by atoms with van der Waals surface area (Å²) in [5.74, 6) is -0.0906. The Hall–Kier alpha value is 0.403. The van der Waals surface area contributed by atoms with E-state index in [9.17, 15) is 4.79 Å². The molecule has 0 radical (unpaired) electrons. The number of thiol groups is 1. The summed E-state index contributed by atoms with van der Waals surface area (Å²) in [6, 6.07) is -0.580. The van der Waals surface area contributed by atoms with Gasteiger partial charge in [0, 0.05) is 25.2 Å². The van der Waals surface area contributed by atoms with Gasteiger partial charge in [-0.3, -0.25) is 4.79 Å². The Morgan fingerprint density at radius 1 is 1.89 bits per heavy atom. The van der Waals surface area contributed by atoms with E-state index in [4.69, 9.17) is 5.73 Å². The minimum absolute atomic E-state index is 0. The second kappa shape index (κ2) is 6.52. The molecule has 0 spiro atoms. The Labute approximate surface area is 72.5 Å². The normalized spacial score (nSPS) is 11.4. The summed E-state index contributed by atoms with van der Waals surface area (Å²) in [4.78, 5) is 10.3. The summed E-state index contributed by atoms with van der Waals surface area (Å²) in [6.45, 7) is 0. The molecule has 3 nitrogen and oxygen atoms in total. The number of esters is 1. The smallest absolute Gasteiger partial charge is 0.323 e. The predicted octanol–water partition coefficient (Wildman–Crippen LogP) is -0.586. The molecule has 0 aliphatic carbocycles. The molecule has 0 aromatic heterocycles. The molecule has 0 rings (SSSR count). The number of carbonyl (C=O) groups excluding carboxylic acids is 1. The average molecular weight is 201 g/mol. The molecule has 0 saturated carbocycles. The van der Waals surface area contributed by atoms with E-state index in [1.165, 1.54) is 7.11 Å². The minimum atomic E-state index is -0.580. The molecule has 5 heteroatoms. The molecule has 0 saturated heterocycles. The molecule has 2 N–H and O–H groups in total. The first kappa shape index (κ1) is 12.1. The van der Waals surface area contributed by atoms with Crippen molar-refractivity contribution in [3.63, 3.8) is 0 Å². The third-order valence-corrected chi connectivity index (χ3v) is 1.09. The van der Waals surface area contributed by atoms with Crippen LogP contribution in [0.4, 0.5) is 0 Å². The molecular formula is C4H9NO2SZn. The fourth-order valence-electron chi connectivity index (χ4n) is 0.226. The average Bonchev–Trinajstić information content (AvgIpc) is 1.84. The van der Waals surface area contributed by atoms with Crippen molar-refractivity contribution < 1.29 is 29.0 Å². The van der Waals surface area contributed by atoms with Crippen molar-refractivity contribution in [1.29, 1.82) is 0 Å². The van der Waals surface area contributed by atoms with Gasteiger partial charge in [-0.2, -0.15) is 12.6 Å². The molecule has 0 unspecified atom stereocenters. The SMILES string of the molecule is COC(=O)[C@@H](N)CS.[Zn]. The summed E-state index contributed by atoms with van der Waals surface area (Å²) in [5, 5.41) is 0. The van der Waals surface area contributed by atoms with Gasteiger partial charge in [-0.25, -0.2) is 0 Å². The minimum Gasteiger partial charge on any atom is -0.468 e. The zero-order valence-electron chi connectivity index (χ0n) is 5.33. The van der Waals surface area contributed by atoms with Gasteiger partial charge in [-0.15, -0.1) is 0 Å². The van der Waals surface area contributed by atoms with E-state index in [-0.39, 0.29) is 19.5 Å². The van der Waals surface area contributed by atoms with Crippen molar-refractivity contribution in [2.24, 2.45) is 5.73 Å². The maximum absolute atomic E-state index is 10.3. The first-order chi connectivity index (χ1) is 3.72. The maximum atomic E-state index is 10.3. The molecule has 0 aliphatic rings. The predicted molar refractivity (Wildman–Crippen MR) is 33.8 cm³/mol. The van der Waals surface area contributed by atoms with Crippen LogP contribution in [0, 0.1) is 0 Å². The van der Waals surface area contributed by atoms with E-state index in [0.717, 1.165) is 0 Å². The Bertz CT molecular complexity index is 90.6. The van der Waals surface area contributed by atoms with Gasteiger partial charge in [0.25, 0.3) is 0 Å². The second-order valence-corrected chi connectivity index (χ2v) is 1.68. The first-order valence-electron chi connectivity index (χ1n) is 2.16. The van der Waals surface area contributed by atoms with E-state index < -0.39 is 12.0 Å². The standard InChI is InChI=1S/C4H9NO2S.Zn/c1-7-4(6)3(5)2-8;/h3,8H,2,5H2,1H3;/t3-;/m0./s1. The number of hydrogen-bond acceptors (Lipinski definition) is 4. The summed E-state index contributed by atoms with van der Waals surface area (Å²) in [6.07, 6.45) is 0. The van der Waals surface area contributed by atoms with Crippen molar-refractivity contribution in [3.8, 4) is 0 Å². The number of carbonyl (C=O) groups is 1. The second-order valence-electron chi connectivity index (χ2n) is 1.31. The van der Waals surface area contributed by atoms with Crippen molar-refractivity contribution in [3.05, 3.63) is 0 Å². The third-order valence-electron chi connectivity index (χ3n) is 0.701. The number of rotatable bonds is 2. The number of ether oxygens (including phenoxy) is 1. The van der Waals surface area contributed by atoms with Crippen LogP contribution in [0.2, 0.25) is 0 Å². The number of hydrogen-bond donors (Lipinski definition) is 2. The van der Waals surface area contributed by atoms with E-state index in [0.29, 0.717) is 5.75 Å². The van der Waals surface area contributed by atoms with Crippen LogP contribution in [0.25, 0.3) is 0 Å². The molecule has 0 heterocycles. The molecule has 0 aliphatic heterocycles. The summed E-state index contributed by atoms with van der Waals surface area (Å²) < 4.78 is 4.29. The van der Waals surface area contributed by atoms with E-state index in [1.54, 1.807) is 0 Å². The van der Waals surface area contributed by atoms with E-state index >= 15 is 0 Å². The first-order valence-corrected chi connectivity index (χ1v) is 2.80. The van der Waals surface area contributed by atoms with Gasteiger partial charge in [0.05, 0.1) is 7.11 Å². The molecule has 9 heavy (non-hydrogen) atoms. The monoisotopic (exact) mass is 199 g/mol. The van der Waals surface area contributed by atoms with Crippen LogP contribution in [-0.2, 0) is 29.0 Å². The van der Waals surface area contributed by atoms with Gasteiger partial charge in [0.2, 0.25) is 0 Å². The van der Waals surface area contributed by atoms with Crippen LogP contribution < -0.4 is 5.73 Å². The topological polar surface area (TPSA) is 52.3 Å². The Morgan fingerprint density at radius 3 is 2.44 bits per heavy atom. The Kier molecular flexibility index (Phi) is 8.78. The van der Waals surface area contributed by atoms with Gasteiger partial charge in [0.1, 0.15) is 6.04 Å². The van der Waals surface area contributed by atoms with Crippen LogP contribution >= 0.6 is 12.6 Å². The molecule has 1 atom stereocenters. The van der Waals surface area contributed by atoms with Crippen LogP contribution in [0.5, 0.6) is 0 Å². The molecule has 0 bridgehead atoms. The molecule has 0 amide bonds. The molecule has 50 valence electrons. The zero-order chi connectivity index (χ0) is 6.57. The van der Waals surface area contributed by atoms with Crippen molar-refractivity contribution in [1.82, 2.24) is 0 Å². The fourth-order valence-corrected chi connectivity index (χ4v) is 0.375. The van der Waals surface area contributed by atoms with Gasteiger partial charge < -0.3 is 10.5 Å². The molecular weight excluding hydrogens is 192 g/mol. The van der Waals surface area contributed by atoms with Crippen LogP contribution in [-0.4, -0.2) is 24.9 Å². The molecule has 0 aromatic carbocycles. The summed E-state index contributed by atoms with van der Waals surface area (Å²) in [5.41, 5.74) is 5.18. The maximum Gasteiger partial charge on any atom is 0.323 e. The summed E-state index contributed by atoms with van der Waals surface area (Å²) in [7, 11) is 1.30. The Balaban J connectivity index is 0. The van der Waals surface area contributed by atoms with Gasteiger partial charge in [0.15, 0.2) is 0 Å². The third kappa shape index (κ3) is 4.88. The van der Waals surface area contributed by atoms with Crippen molar-refractivity contribution in [2.75, 3.05) is 12.9 Å². The molecule has 0 fully saturated rings. The number of methoxy groups -OCH3 is 1. The van der Waals surface area contributed by atoms with Crippen molar-refractivity contribution >= 4 is 18.6 Å². The Morgan fingerprint density at radius 2 is 2.33 bits per heavy atom. The quantitative estimate of drug-likeness (QED) is 0.356. The van der Waals surface area contributed by atoms with Crippen molar-refractivity contribution in [2.45, 2.75) is 6.04 Å². The van der Waals surface area contributed by atoms with E-state index in [2.05, 4.69) is 17.4 Å². The summed E-state index contributed by atoms with van der Waals surface area (Å²) >= 11 is 3.78. The fraction of sp³-hybridized carbons (Fsp3) is 0.750. The van der Waals surface area contributed by atoms with Crippen LogP contribution in [0.15, 0.2) is 0 Å². The van der Waals surface area contributed by atoms with Gasteiger partial charge in [-0.1, -0.05) is 0 Å². The van der Waals surface area contributed by atoms with E-state index in [1.807, 2.05) is 0 Å². The van der Waals surface area contributed by atoms with Crippen LogP contribution in [0.1, 0.15) is 0 Å². The van der Waals surface area contributed by atoms with Crippen LogP contribution in [0.3, 0.4) is 0 Å². The largest absolute Gasteiger partial charge is 0.468 e. The molecule has 0 aromatic rings. The van der Waals surface area contributed by atoms with Gasteiger partial charge >= 0.3 is 5.97 Å². The zero-order valence-corrected chi connectivity index (χ0v) is 9.19. The number of nitrogens with two attached hydrogens (primary N) is 1. The van der Waals surface area contributed by atoms with Gasteiger partial charge in [-0.05, 0) is 0 Å².